The highest BCUT2D eigenvalue weighted by atomic mass is 32.2. The van der Waals surface area contributed by atoms with Crippen LogP contribution in [-0.4, -0.2) is 37.2 Å². The predicted octanol–water partition coefficient (Wildman–Crippen LogP) is -0.215. The predicted molar refractivity (Wildman–Crippen MR) is 65.3 cm³/mol. The van der Waals surface area contributed by atoms with Crippen LogP contribution in [0.15, 0.2) is 23.1 Å². The summed E-state index contributed by atoms with van der Waals surface area (Å²) in [5, 5.41) is 20.5. The average molecular weight is 260 g/mol. The van der Waals surface area contributed by atoms with Gasteiger partial charge in [-0.15, -0.1) is 0 Å². The van der Waals surface area contributed by atoms with Crippen molar-refractivity contribution in [2.24, 2.45) is 0 Å². The highest BCUT2D eigenvalue weighted by Crippen LogP contribution is 2.25. The standard InChI is InChI=1S/C10H16N2O4S/c1-7(14)12-9-3-2-8(11)6-10(9)17(15,16)5-4-13/h2-3,6-7,12-14H,4-5,11H2,1H3. The van der Waals surface area contributed by atoms with Gasteiger partial charge in [-0.3, -0.25) is 0 Å². The molecule has 1 atom stereocenters. The van der Waals surface area contributed by atoms with Gasteiger partial charge < -0.3 is 21.3 Å². The highest BCUT2D eigenvalue weighted by Gasteiger charge is 2.19. The van der Waals surface area contributed by atoms with Crippen molar-refractivity contribution in [1.82, 2.24) is 0 Å². The maximum Gasteiger partial charge on any atom is 0.182 e. The van der Waals surface area contributed by atoms with E-state index in [0.717, 1.165) is 0 Å². The van der Waals surface area contributed by atoms with E-state index in [1.807, 2.05) is 0 Å². The normalized spacial score (nSPS) is 13.4. The highest BCUT2D eigenvalue weighted by molar-refractivity contribution is 7.91. The number of rotatable bonds is 5. The molecular weight excluding hydrogens is 244 g/mol. The molecule has 6 nitrogen and oxygen atoms in total. The smallest absolute Gasteiger partial charge is 0.182 e. The quantitative estimate of drug-likeness (QED) is 0.430. The Morgan fingerprint density at radius 3 is 2.65 bits per heavy atom. The molecule has 1 aromatic carbocycles. The SMILES string of the molecule is CC(O)Nc1ccc(N)cc1S(=O)(=O)CCO. The molecule has 0 amide bonds. The van der Waals surface area contributed by atoms with E-state index in [1.165, 1.54) is 25.1 Å². The van der Waals surface area contributed by atoms with Crippen molar-refractivity contribution in [3.63, 3.8) is 0 Å². The molecule has 1 aromatic rings. The van der Waals surface area contributed by atoms with Crippen molar-refractivity contribution in [1.29, 1.82) is 0 Å². The lowest BCUT2D eigenvalue weighted by atomic mass is 10.3. The first-order valence-corrected chi connectivity index (χ1v) is 6.70. The fraction of sp³-hybridized carbons (Fsp3) is 0.400. The minimum absolute atomic E-state index is 0.0209. The Morgan fingerprint density at radius 2 is 2.12 bits per heavy atom. The Bertz CT molecular complexity index is 485. The topological polar surface area (TPSA) is 113 Å². The third-order valence-corrected chi connectivity index (χ3v) is 3.79. The Balaban J connectivity index is 3.24. The third kappa shape index (κ3) is 3.58. The molecule has 0 bridgehead atoms. The van der Waals surface area contributed by atoms with Crippen molar-refractivity contribution >= 4 is 21.2 Å². The van der Waals surface area contributed by atoms with E-state index in [4.69, 9.17) is 10.8 Å². The maximum absolute atomic E-state index is 11.8. The number of aliphatic hydroxyl groups is 2. The summed E-state index contributed by atoms with van der Waals surface area (Å²) in [5.74, 6) is -0.384. The van der Waals surface area contributed by atoms with Gasteiger partial charge in [0.1, 0.15) is 6.23 Å². The average Bonchev–Trinajstić information content (AvgIpc) is 2.20. The van der Waals surface area contributed by atoms with Crippen LogP contribution in [0.1, 0.15) is 6.92 Å². The van der Waals surface area contributed by atoms with E-state index in [2.05, 4.69) is 5.32 Å². The molecule has 0 spiro atoms. The molecule has 0 saturated heterocycles. The Hall–Kier alpha value is -1.31. The Kier molecular flexibility index (Phi) is 4.33. The van der Waals surface area contributed by atoms with Gasteiger partial charge in [0.05, 0.1) is 22.9 Å². The van der Waals surface area contributed by atoms with Crippen molar-refractivity contribution in [2.45, 2.75) is 18.0 Å². The van der Waals surface area contributed by atoms with Gasteiger partial charge in [-0.05, 0) is 25.1 Å². The van der Waals surface area contributed by atoms with Gasteiger partial charge >= 0.3 is 0 Å². The second-order valence-electron chi connectivity index (χ2n) is 3.62. The Morgan fingerprint density at radius 1 is 1.47 bits per heavy atom. The summed E-state index contributed by atoms with van der Waals surface area (Å²) in [6.07, 6.45) is -0.887. The molecule has 5 N–H and O–H groups in total. The summed E-state index contributed by atoms with van der Waals surface area (Å²) in [4.78, 5) is -0.0209. The van der Waals surface area contributed by atoms with Gasteiger partial charge in [0, 0.05) is 5.69 Å². The molecule has 0 radical (unpaired) electrons. The first-order chi connectivity index (χ1) is 7.86. The zero-order valence-electron chi connectivity index (χ0n) is 9.42. The monoisotopic (exact) mass is 260 g/mol. The number of hydrogen-bond acceptors (Lipinski definition) is 6. The zero-order valence-corrected chi connectivity index (χ0v) is 10.2. The molecule has 0 saturated carbocycles. The van der Waals surface area contributed by atoms with Crippen LogP contribution < -0.4 is 11.1 Å². The summed E-state index contributed by atoms with van der Waals surface area (Å²) in [6, 6.07) is 4.31. The minimum atomic E-state index is -3.61. The number of benzene rings is 1. The fourth-order valence-corrected chi connectivity index (χ4v) is 2.61. The zero-order chi connectivity index (χ0) is 13.1. The maximum atomic E-state index is 11.8. The summed E-state index contributed by atoms with van der Waals surface area (Å²) in [7, 11) is -3.61. The van der Waals surface area contributed by atoms with E-state index in [1.54, 1.807) is 0 Å². The van der Waals surface area contributed by atoms with E-state index < -0.39 is 22.7 Å². The molecule has 17 heavy (non-hydrogen) atoms. The van der Waals surface area contributed by atoms with E-state index >= 15 is 0 Å². The summed E-state index contributed by atoms with van der Waals surface area (Å²) in [5.41, 5.74) is 6.10. The number of nitrogen functional groups attached to an aromatic ring is 1. The second kappa shape index (κ2) is 5.35. The first kappa shape index (κ1) is 13.8. The lowest BCUT2D eigenvalue weighted by Gasteiger charge is -2.14. The van der Waals surface area contributed by atoms with Gasteiger partial charge in [0.15, 0.2) is 9.84 Å². The van der Waals surface area contributed by atoms with Crippen LogP contribution in [0.25, 0.3) is 0 Å². The molecule has 0 aromatic heterocycles. The minimum Gasteiger partial charge on any atom is -0.399 e. The molecule has 1 unspecified atom stereocenters. The molecule has 0 aliphatic carbocycles. The molecule has 96 valence electrons. The van der Waals surface area contributed by atoms with Crippen LogP contribution in [-0.2, 0) is 9.84 Å². The van der Waals surface area contributed by atoms with Crippen molar-refractivity contribution in [3.05, 3.63) is 18.2 Å². The summed E-state index contributed by atoms with van der Waals surface area (Å²) in [6.45, 7) is 1.00. The number of nitrogens with two attached hydrogens (primary N) is 1. The molecule has 0 heterocycles. The molecule has 1 rings (SSSR count). The van der Waals surface area contributed by atoms with E-state index in [-0.39, 0.29) is 16.3 Å². The van der Waals surface area contributed by atoms with Gasteiger partial charge in [-0.25, -0.2) is 8.42 Å². The van der Waals surface area contributed by atoms with Crippen LogP contribution in [0.3, 0.4) is 0 Å². The van der Waals surface area contributed by atoms with E-state index in [0.29, 0.717) is 5.69 Å². The second-order valence-corrected chi connectivity index (χ2v) is 5.70. The van der Waals surface area contributed by atoms with Crippen LogP contribution in [0.2, 0.25) is 0 Å². The van der Waals surface area contributed by atoms with Crippen LogP contribution in [0, 0.1) is 0 Å². The lowest BCUT2D eigenvalue weighted by Crippen LogP contribution is -2.18. The molecule has 0 fully saturated rings. The van der Waals surface area contributed by atoms with Gasteiger partial charge in [0.2, 0.25) is 0 Å². The van der Waals surface area contributed by atoms with Gasteiger partial charge in [-0.2, -0.15) is 0 Å². The van der Waals surface area contributed by atoms with Crippen LogP contribution in [0.4, 0.5) is 11.4 Å². The number of aliphatic hydroxyl groups excluding tert-OH is 2. The third-order valence-electron chi connectivity index (χ3n) is 2.07. The van der Waals surface area contributed by atoms with Crippen molar-refractivity contribution < 1.29 is 18.6 Å². The first-order valence-electron chi connectivity index (χ1n) is 5.04. The number of nitrogens with one attached hydrogen (secondary N) is 1. The fourth-order valence-electron chi connectivity index (χ4n) is 1.37. The van der Waals surface area contributed by atoms with Crippen molar-refractivity contribution in [2.75, 3.05) is 23.4 Å². The summed E-state index contributed by atoms with van der Waals surface area (Å²) >= 11 is 0. The lowest BCUT2D eigenvalue weighted by molar-refractivity contribution is 0.224. The number of sulfone groups is 1. The van der Waals surface area contributed by atoms with Crippen molar-refractivity contribution in [3.8, 4) is 0 Å². The molecule has 0 aliphatic heterocycles. The molecule has 7 heteroatoms. The van der Waals surface area contributed by atoms with Gasteiger partial charge in [-0.1, -0.05) is 0 Å². The largest absolute Gasteiger partial charge is 0.399 e. The van der Waals surface area contributed by atoms with Gasteiger partial charge in [0.25, 0.3) is 0 Å². The number of hydrogen-bond donors (Lipinski definition) is 4. The number of anilines is 2. The Labute approximate surface area is 100.0 Å². The van der Waals surface area contributed by atoms with Crippen LogP contribution >= 0.6 is 0 Å². The molecule has 0 aliphatic rings. The molecular formula is C10H16N2O4S. The van der Waals surface area contributed by atoms with Crippen LogP contribution in [0.5, 0.6) is 0 Å². The summed E-state index contributed by atoms with van der Waals surface area (Å²) < 4.78 is 23.7. The van der Waals surface area contributed by atoms with E-state index in [9.17, 15) is 13.5 Å².